The van der Waals surface area contributed by atoms with Crippen LogP contribution in [0.5, 0.6) is 0 Å². The maximum absolute atomic E-state index is 12.5. The van der Waals surface area contributed by atoms with E-state index in [1.165, 1.54) is 19.3 Å². The lowest BCUT2D eigenvalue weighted by atomic mass is 9.88. The standard InChI is InChI=1S/C24H30N2O2/c27-23(26-21-14-8-3-9-15-21)16-17-25-24(28)18-22(19-10-4-1-5-11-19)20-12-6-2-7-13-20/h1-2,4-7,10-13,21-22H,3,8-9,14-18H2,(H,25,28)(H,26,27). The van der Waals surface area contributed by atoms with Gasteiger partial charge in [0.2, 0.25) is 11.8 Å². The smallest absolute Gasteiger partial charge is 0.221 e. The van der Waals surface area contributed by atoms with E-state index < -0.39 is 0 Å². The molecule has 0 spiro atoms. The van der Waals surface area contributed by atoms with Gasteiger partial charge in [0.25, 0.3) is 0 Å². The molecule has 4 heteroatoms. The number of hydrogen-bond donors (Lipinski definition) is 2. The predicted molar refractivity (Wildman–Crippen MR) is 112 cm³/mol. The number of nitrogens with one attached hydrogen (secondary N) is 2. The van der Waals surface area contributed by atoms with Gasteiger partial charge < -0.3 is 10.6 Å². The zero-order valence-electron chi connectivity index (χ0n) is 16.4. The minimum Gasteiger partial charge on any atom is -0.356 e. The highest BCUT2D eigenvalue weighted by atomic mass is 16.2. The van der Waals surface area contributed by atoms with Crippen LogP contribution in [0.4, 0.5) is 0 Å². The van der Waals surface area contributed by atoms with E-state index in [-0.39, 0.29) is 17.7 Å². The summed E-state index contributed by atoms with van der Waals surface area (Å²) in [6, 6.07) is 20.5. The van der Waals surface area contributed by atoms with Crippen LogP contribution >= 0.6 is 0 Å². The molecule has 148 valence electrons. The summed E-state index contributed by atoms with van der Waals surface area (Å²) in [6.45, 7) is 0.383. The van der Waals surface area contributed by atoms with Crippen molar-refractivity contribution in [2.24, 2.45) is 0 Å². The van der Waals surface area contributed by atoms with Crippen LogP contribution in [0.25, 0.3) is 0 Å². The molecule has 2 amide bonds. The second kappa shape index (κ2) is 10.6. The van der Waals surface area contributed by atoms with Gasteiger partial charge in [-0.15, -0.1) is 0 Å². The fraction of sp³-hybridized carbons (Fsp3) is 0.417. The first-order chi connectivity index (χ1) is 13.7. The Balaban J connectivity index is 1.49. The van der Waals surface area contributed by atoms with Crippen molar-refractivity contribution < 1.29 is 9.59 Å². The van der Waals surface area contributed by atoms with Gasteiger partial charge in [0.15, 0.2) is 0 Å². The lowest BCUT2D eigenvalue weighted by Gasteiger charge is -2.22. The molecule has 0 unspecified atom stereocenters. The summed E-state index contributed by atoms with van der Waals surface area (Å²) in [6.07, 6.45) is 6.53. The minimum absolute atomic E-state index is 0.0125. The zero-order chi connectivity index (χ0) is 19.6. The van der Waals surface area contributed by atoms with Gasteiger partial charge in [-0.25, -0.2) is 0 Å². The van der Waals surface area contributed by atoms with Crippen molar-refractivity contribution in [1.29, 1.82) is 0 Å². The summed E-state index contributed by atoms with van der Waals surface area (Å²) >= 11 is 0. The quantitative estimate of drug-likeness (QED) is 0.724. The Morgan fingerprint density at radius 2 is 1.39 bits per heavy atom. The van der Waals surface area contributed by atoms with E-state index in [1.807, 2.05) is 36.4 Å². The Morgan fingerprint density at radius 1 is 0.821 bits per heavy atom. The number of hydrogen-bond acceptors (Lipinski definition) is 2. The van der Waals surface area contributed by atoms with Crippen molar-refractivity contribution in [2.45, 2.75) is 56.9 Å². The third-order valence-corrected chi connectivity index (χ3v) is 5.44. The van der Waals surface area contributed by atoms with Crippen molar-refractivity contribution >= 4 is 11.8 Å². The van der Waals surface area contributed by atoms with E-state index in [1.54, 1.807) is 0 Å². The van der Waals surface area contributed by atoms with Crippen LogP contribution < -0.4 is 10.6 Å². The molecule has 1 aliphatic carbocycles. The Kier molecular flexibility index (Phi) is 7.65. The van der Waals surface area contributed by atoms with Crippen molar-refractivity contribution in [3.05, 3.63) is 71.8 Å². The highest BCUT2D eigenvalue weighted by Crippen LogP contribution is 2.27. The van der Waals surface area contributed by atoms with Gasteiger partial charge >= 0.3 is 0 Å². The average molecular weight is 379 g/mol. The molecule has 28 heavy (non-hydrogen) atoms. The summed E-state index contributed by atoms with van der Waals surface area (Å²) in [4.78, 5) is 24.6. The van der Waals surface area contributed by atoms with Crippen molar-refractivity contribution in [2.75, 3.05) is 6.54 Å². The van der Waals surface area contributed by atoms with Gasteiger partial charge in [-0.05, 0) is 24.0 Å². The molecular formula is C24H30N2O2. The molecule has 1 fully saturated rings. The summed E-state index contributed by atoms with van der Waals surface area (Å²) in [5.74, 6) is 0.0245. The molecule has 2 aromatic rings. The van der Waals surface area contributed by atoms with Gasteiger partial charge in [-0.3, -0.25) is 9.59 Å². The predicted octanol–water partition coefficient (Wildman–Crippen LogP) is 4.16. The third kappa shape index (κ3) is 6.22. The van der Waals surface area contributed by atoms with Crippen LogP contribution in [0.1, 0.15) is 62.0 Å². The number of benzene rings is 2. The lowest BCUT2D eigenvalue weighted by Crippen LogP contribution is -2.38. The summed E-state index contributed by atoms with van der Waals surface area (Å²) in [5.41, 5.74) is 2.25. The Bertz CT molecular complexity index is 700. The number of carbonyl (C=O) groups is 2. The fourth-order valence-electron chi connectivity index (χ4n) is 3.92. The molecule has 0 aromatic heterocycles. The van der Waals surface area contributed by atoms with Gasteiger partial charge in [-0.1, -0.05) is 79.9 Å². The Labute approximate surface area is 167 Å². The van der Waals surface area contributed by atoms with Crippen LogP contribution in [0, 0.1) is 0 Å². The molecule has 2 N–H and O–H groups in total. The molecule has 3 rings (SSSR count). The SMILES string of the molecule is O=C(CC(c1ccccc1)c1ccccc1)NCCC(=O)NC1CCCCC1. The monoisotopic (exact) mass is 378 g/mol. The number of rotatable bonds is 8. The second-order valence-electron chi connectivity index (χ2n) is 7.58. The Morgan fingerprint density at radius 3 is 1.96 bits per heavy atom. The van der Waals surface area contributed by atoms with Crippen LogP contribution in [-0.4, -0.2) is 24.4 Å². The van der Waals surface area contributed by atoms with Gasteiger partial charge in [0.05, 0.1) is 0 Å². The van der Waals surface area contributed by atoms with Crippen molar-refractivity contribution in [3.63, 3.8) is 0 Å². The minimum atomic E-state index is -0.0248. The first-order valence-corrected chi connectivity index (χ1v) is 10.4. The highest BCUT2D eigenvalue weighted by Gasteiger charge is 2.19. The molecule has 1 aliphatic rings. The Hall–Kier alpha value is -2.62. The van der Waals surface area contributed by atoms with Crippen molar-refractivity contribution in [1.82, 2.24) is 10.6 Å². The van der Waals surface area contributed by atoms with E-state index in [9.17, 15) is 9.59 Å². The van der Waals surface area contributed by atoms with Crippen LogP contribution in [0.15, 0.2) is 60.7 Å². The summed E-state index contributed by atoms with van der Waals surface area (Å²) < 4.78 is 0. The molecule has 1 saturated carbocycles. The fourth-order valence-corrected chi connectivity index (χ4v) is 3.92. The molecular weight excluding hydrogens is 348 g/mol. The normalized spacial score (nSPS) is 14.6. The van der Waals surface area contributed by atoms with Crippen LogP contribution in [0.2, 0.25) is 0 Å². The molecule has 0 saturated heterocycles. The van der Waals surface area contributed by atoms with Gasteiger partial charge in [0, 0.05) is 31.3 Å². The largest absolute Gasteiger partial charge is 0.356 e. The van der Waals surface area contributed by atoms with Gasteiger partial charge in [-0.2, -0.15) is 0 Å². The first-order valence-electron chi connectivity index (χ1n) is 10.4. The molecule has 0 atom stereocenters. The first kappa shape index (κ1) is 20.1. The number of amides is 2. The molecule has 0 bridgehead atoms. The lowest BCUT2D eigenvalue weighted by molar-refractivity contribution is -0.122. The third-order valence-electron chi connectivity index (χ3n) is 5.44. The molecule has 0 radical (unpaired) electrons. The molecule has 2 aromatic carbocycles. The molecule has 0 aliphatic heterocycles. The van der Waals surface area contributed by atoms with E-state index in [0.29, 0.717) is 25.4 Å². The number of carbonyl (C=O) groups excluding carboxylic acids is 2. The summed E-state index contributed by atoms with van der Waals surface area (Å²) in [7, 11) is 0. The van der Waals surface area contributed by atoms with E-state index in [0.717, 1.165) is 24.0 Å². The molecule has 4 nitrogen and oxygen atoms in total. The van der Waals surface area contributed by atoms with Gasteiger partial charge in [0.1, 0.15) is 0 Å². The average Bonchev–Trinajstić information content (AvgIpc) is 2.74. The zero-order valence-corrected chi connectivity index (χ0v) is 16.4. The maximum atomic E-state index is 12.5. The maximum Gasteiger partial charge on any atom is 0.221 e. The van der Waals surface area contributed by atoms with E-state index >= 15 is 0 Å². The molecule has 0 heterocycles. The summed E-state index contributed by atoms with van der Waals surface area (Å²) in [5, 5.41) is 6.02. The highest BCUT2D eigenvalue weighted by molar-refractivity contribution is 5.80. The van der Waals surface area contributed by atoms with E-state index in [4.69, 9.17) is 0 Å². The topological polar surface area (TPSA) is 58.2 Å². The van der Waals surface area contributed by atoms with Crippen LogP contribution in [-0.2, 0) is 9.59 Å². The second-order valence-corrected chi connectivity index (χ2v) is 7.58. The van der Waals surface area contributed by atoms with Crippen molar-refractivity contribution in [3.8, 4) is 0 Å². The van der Waals surface area contributed by atoms with E-state index in [2.05, 4.69) is 34.9 Å². The van der Waals surface area contributed by atoms with Crippen LogP contribution in [0.3, 0.4) is 0 Å².